The van der Waals surface area contributed by atoms with Crippen LogP contribution in [0.25, 0.3) is 0 Å². The Labute approximate surface area is 83.5 Å². The zero-order valence-electron chi connectivity index (χ0n) is 8.02. The van der Waals surface area contributed by atoms with E-state index >= 15 is 0 Å². The minimum atomic E-state index is 0.165. The van der Waals surface area contributed by atoms with Gasteiger partial charge in [0.1, 0.15) is 0 Å². The number of hydrogen-bond acceptors (Lipinski definition) is 1. The zero-order valence-corrected chi connectivity index (χ0v) is 8.02. The van der Waals surface area contributed by atoms with E-state index < -0.39 is 0 Å². The van der Waals surface area contributed by atoms with Crippen LogP contribution in [-0.4, -0.2) is 23.4 Å². The van der Waals surface area contributed by atoms with Crippen molar-refractivity contribution in [1.29, 1.82) is 0 Å². The van der Waals surface area contributed by atoms with Crippen LogP contribution in [0.4, 0.5) is 0 Å². The second kappa shape index (κ2) is 2.84. The van der Waals surface area contributed by atoms with Crippen molar-refractivity contribution < 1.29 is 4.79 Å². The Kier molecular flexibility index (Phi) is 1.63. The first-order valence-electron chi connectivity index (χ1n) is 5.23. The Morgan fingerprint density at radius 1 is 1.21 bits per heavy atom. The summed E-state index contributed by atoms with van der Waals surface area (Å²) in [6.45, 7) is 0.979. The Morgan fingerprint density at radius 2 is 2.00 bits per heavy atom. The number of hydrogen-bond donors (Lipinski definition) is 0. The highest BCUT2D eigenvalue weighted by Crippen LogP contribution is 2.41. The molecule has 0 bridgehead atoms. The first kappa shape index (κ1) is 8.04. The molecular weight excluding hydrogens is 174 g/mol. The highest BCUT2D eigenvalue weighted by molar-refractivity contribution is 5.91. The molecule has 0 spiro atoms. The summed E-state index contributed by atoms with van der Waals surface area (Å²) in [5, 5.41) is 0. The number of fused-ring (bicyclic) bond motifs is 1. The molecule has 72 valence electrons. The molecule has 2 heterocycles. The monoisotopic (exact) mass is 187 g/mol. The van der Waals surface area contributed by atoms with Gasteiger partial charge in [0.15, 0.2) is 0 Å². The average molecular weight is 187 g/mol. The molecule has 0 unspecified atom stereocenters. The van der Waals surface area contributed by atoms with Gasteiger partial charge in [-0.25, -0.2) is 0 Å². The summed E-state index contributed by atoms with van der Waals surface area (Å²) >= 11 is 0. The molecule has 2 aliphatic rings. The predicted octanol–water partition coefficient (Wildman–Crippen LogP) is 1.77. The van der Waals surface area contributed by atoms with Gasteiger partial charge in [-0.2, -0.15) is 0 Å². The molecule has 0 aliphatic carbocycles. The van der Waals surface area contributed by atoms with Gasteiger partial charge < -0.3 is 4.90 Å². The highest BCUT2D eigenvalue weighted by atomic mass is 16.2. The minimum absolute atomic E-state index is 0.165. The number of carbonyl (C=O) groups is 1. The summed E-state index contributed by atoms with van der Waals surface area (Å²) in [6.07, 6.45) is 2.37. The largest absolute Gasteiger partial charge is 0.338 e. The fraction of sp³-hybridized carbons (Fsp3) is 0.417. The third-order valence-electron chi connectivity index (χ3n) is 3.39. The molecule has 0 aromatic heterocycles. The fourth-order valence-electron chi connectivity index (χ4n) is 2.70. The van der Waals surface area contributed by atoms with Crippen molar-refractivity contribution in [1.82, 2.24) is 4.90 Å². The zero-order chi connectivity index (χ0) is 9.54. The molecule has 3 rings (SSSR count). The van der Waals surface area contributed by atoms with E-state index in [4.69, 9.17) is 0 Å². The maximum Gasteiger partial charge on any atom is 0.232 e. The molecular formula is C12H13NO. The summed E-state index contributed by atoms with van der Waals surface area (Å²) in [5.41, 5.74) is 1.20. The number of rotatable bonds is 1. The molecule has 1 amide bonds. The van der Waals surface area contributed by atoms with Gasteiger partial charge in [0.25, 0.3) is 0 Å². The van der Waals surface area contributed by atoms with Gasteiger partial charge >= 0.3 is 0 Å². The van der Waals surface area contributed by atoms with E-state index in [1.165, 1.54) is 18.4 Å². The van der Waals surface area contributed by atoms with E-state index in [-0.39, 0.29) is 5.92 Å². The molecule has 0 N–H and O–H groups in total. The van der Waals surface area contributed by atoms with Crippen molar-refractivity contribution in [3.63, 3.8) is 0 Å². The Morgan fingerprint density at radius 3 is 2.79 bits per heavy atom. The van der Waals surface area contributed by atoms with Gasteiger partial charge in [0, 0.05) is 12.6 Å². The molecule has 2 saturated heterocycles. The van der Waals surface area contributed by atoms with Gasteiger partial charge in [0.05, 0.1) is 5.92 Å². The first-order valence-corrected chi connectivity index (χ1v) is 5.23. The third-order valence-corrected chi connectivity index (χ3v) is 3.39. The van der Waals surface area contributed by atoms with Gasteiger partial charge in [-0.15, -0.1) is 0 Å². The summed E-state index contributed by atoms with van der Waals surface area (Å²) in [5.74, 6) is 0.498. The second-order valence-electron chi connectivity index (χ2n) is 4.13. The van der Waals surface area contributed by atoms with Crippen LogP contribution < -0.4 is 0 Å². The SMILES string of the molecule is O=C1[C@H](c2ccccc2)[C@H]2CCCN12. The number of amides is 1. The van der Waals surface area contributed by atoms with Gasteiger partial charge in [0.2, 0.25) is 5.91 Å². The Hall–Kier alpha value is -1.31. The van der Waals surface area contributed by atoms with E-state index in [1.807, 2.05) is 23.1 Å². The maximum absolute atomic E-state index is 11.8. The summed E-state index contributed by atoms with van der Waals surface area (Å²) < 4.78 is 0. The van der Waals surface area contributed by atoms with E-state index in [0.29, 0.717) is 11.9 Å². The lowest BCUT2D eigenvalue weighted by atomic mass is 9.82. The molecule has 2 atom stereocenters. The standard InChI is InChI=1S/C12H13NO/c14-12-11(9-5-2-1-3-6-9)10-7-4-8-13(10)12/h1-3,5-6,10-11H,4,7-8H2/t10-,11-/m1/s1. The maximum atomic E-state index is 11.8. The van der Waals surface area contributed by atoms with Crippen molar-refractivity contribution in [2.45, 2.75) is 24.8 Å². The third kappa shape index (κ3) is 0.939. The van der Waals surface area contributed by atoms with E-state index in [9.17, 15) is 4.79 Å². The van der Waals surface area contributed by atoms with Crippen LogP contribution in [0.3, 0.4) is 0 Å². The van der Waals surface area contributed by atoms with Crippen LogP contribution in [0.15, 0.2) is 30.3 Å². The van der Waals surface area contributed by atoms with Crippen molar-refractivity contribution in [3.05, 3.63) is 35.9 Å². The molecule has 2 heteroatoms. The first-order chi connectivity index (χ1) is 6.88. The number of nitrogens with zero attached hydrogens (tertiary/aromatic N) is 1. The van der Waals surface area contributed by atoms with Crippen molar-refractivity contribution in [2.24, 2.45) is 0 Å². The van der Waals surface area contributed by atoms with Crippen molar-refractivity contribution in [2.75, 3.05) is 6.54 Å². The quantitative estimate of drug-likeness (QED) is 0.614. The van der Waals surface area contributed by atoms with E-state index in [1.54, 1.807) is 0 Å². The van der Waals surface area contributed by atoms with Crippen LogP contribution >= 0.6 is 0 Å². The van der Waals surface area contributed by atoms with Crippen LogP contribution in [-0.2, 0) is 4.79 Å². The van der Waals surface area contributed by atoms with Crippen LogP contribution in [0.2, 0.25) is 0 Å². The smallest absolute Gasteiger partial charge is 0.232 e. The summed E-state index contributed by atoms with van der Waals surface area (Å²) in [6, 6.07) is 10.7. The van der Waals surface area contributed by atoms with Crippen LogP contribution in [0.1, 0.15) is 24.3 Å². The molecule has 1 aromatic carbocycles. The van der Waals surface area contributed by atoms with Crippen LogP contribution in [0, 0.1) is 0 Å². The van der Waals surface area contributed by atoms with Gasteiger partial charge in [-0.1, -0.05) is 30.3 Å². The number of benzene rings is 1. The Bertz CT molecular complexity index is 360. The lowest BCUT2D eigenvalue weighted by molar-refractivity contribution is -0.146. The normalized spacial score (nSPS) is 30.0. The fourth-order valence-corrected chi connectivity index (χ4v) is 2.70. The molecule has 0 radical (unpaired) electrons. The molecule has 1 aromatic rings. The van der Waals surface area contributed by atoms with E-state index in [0.717, 1.165) is 6.54 Å². The molecule has 14 heavy (non-hydrogen) atoms. The van der Waals surface area contributed by atoms with Crippen LogP contribution in [0.5, 0.6) is 0 Å². The number of β-lactam (4-membered cyclic amide) rings is 1. The van der Waals surface area contributed by atoms with Gasteiger partial charge in [-0.05, 0) is 18.4 Å². The topological polar surface area (TPSA) is 20.3 Å². The minimum Gasteiger partial charge on any atom is -0.338 e. The molecule has 2 aliphatic heterocycles. The van der Waals surface area contributed by atoms with Gasteiger partial charge in [-0.3, -0.25) is 4.79 Å². The average Bonchev–Trinajstić information content (AvgIpc) is 2.63. The van der Waals surface area contributed by atoms with Crippen molar-refractivity contribution in [3.8, 4) is 0 Å². The second-order valence-corrected chi connectivity index (χ2v) is 4.13. The molecule has 2 fully saturated rings. The summed E-state index contributed by atoms with van der Waals surface area (Å²) in [7, 11) is 0. The Balaban J connectivity index is 1.90. The summed E-state index contributed by atoms with van der Waals surface area (Å²) in [4.78, 5) is 13.8. The highest BCUT2D eigenvalue weighted by Gasteiger charge is 2.49. The predicted molar refractivity (Wildman–Crippen MR) is 53.9 cm³/mol. The lowest BCUT2D eigenvalue weighted by Gasteiger charge is -2.43. The molecule has 0 saturated carbocycles. The van der Waals surface area contributed by atoms with E-state index in [2.05, 4.69) is 12.1 Å². The number of carbonyl (C=O) groups excluding carboxylic acids is 1. The van der Waals surface area contributed by atoms with Crippen molar-refractivity contribution >= 4 is 5.91 Å². The lowest BCUT2D eigenvalue weighted by Crippen LogP contribution is -2.55. The molecule has 2 nitrogen and oxygen atoms in total.